The molecular formula is C18H19Cl2N5O2. The van der Waals surface area contributed by atoms with Crippen molar-refractivity contribution >= 4 is 29.1 Å². The number of halogens is 2. The van der Waals surface area contributed by atoms with Crippen molar-refractivity contribution in [3.05, 3.63) is 64.2 Å². The van der Waals surface area contributed by atoms with Crippen LogP contribution in [0.1, 0.15) is 22.6 Å². The topological polar surface area (TPSA) is 74.0 Å². The Hall–Kier alpha value is -2.51. The highest BCUT2D eigenvalue weighted by Crippen LogP contribution is 2.23. The molecule has 0 aliphatic heterocycles. The number of aromatic nitrogens is 4. The zero-order valence-corrected chi connectivity index (χ0v) is 16.2. The highest BCUT2D eigenvalue weighted by Gasteiger charge is 2.12. The molecule has 3 rings (SSSR count). The Balaban J connectivity index is 1.49. The van der Waals surface area contributed by atoms with Crippen molar-refractivity contribution in [3.8, 4) is 5.75 Å². The molecule has 2 heterocycles. The van der Waals surface area contributed by atoms with Gasteiger partial charge < -0.3 is 10.1 Å². The molecule has 1 N–H and O–H groups in total. The van der Waals surface area contributed by atoms with Gasteiger partial charge in [0.15, 0.2) is 6.73 Å². The second kappa shape index (κ2) is 8.92. The summed E-state index contributed by atoms with van der Waals surface area (Å²) in [5.41, 5.74) is 1.21. The molecule has 7 nitrogen and oxygen atoms in total. The van der Waals surface area contributed by atoms with Crippen LogP contribution in [0.15, 0.2) is 42.7 Å². The van der Waals surface area contributed by atoms with Crippen molar-refractivity contribution in [3.63, 3.8) is 0 Å². The Morgan fingerprint density at radius 3 is 2.78 bits per heavy atom. The lowest BCUT2D eigenvalue weighted by Crippen LogP contribution is -2.28. The summed E-state index contributed by atoms with van der Waals surface area (Å²) >= 11 is 12.0. The van der Waals surface area contributed by atoms with Crippen molar-refractivity contribution in [2.75, 3.05) is 6.54 Å². The van der Waals surface area contributed by atoms with Gasteiger partial charge in [0.1, 0.15) is 11.4 Å². The molecule has 142 valence electrons. The van der Waals surface area contributed by atoms with Gasteiger partial charge in [-0.2, -0.15) is 10.2 Å². The van der Waals surface area contributed by atoms with E-state index in [1.54, 1.807) is 35.3 Å². The molecule has 0 spiro atoms. The summed E-state index contributed by atoms with van der Waals surface area (Å²) in [7, 11) is 0. The summed E-state index contributed by atoms with van der Waals surface area (Å²) in [6.45, 7) is 3.12. The second-order valence-corrected chi connectivity index (χ2v) is 6.67. The normalized spacial score (nSPS) is 10.8. The zero-order chi connectivity index (χ0) is 19.2. The maximum atomic E-state index is 12.4. The number of para-hydroxylation sites is 1. The number of carbonyl (C=O) groups is 1. The number of aryl methyl sites for hydroxylation is 2. The van der Waals surface area contributed by atoms with E-state index in [0.29, 0.717) is 34.6 Å². The van der Waals surface area contributed by atoms with Gasteiger partial charge in [-0.15, -0.1) is 0 Å². The Kier molecular flexibility index (Phi) is 6.36. The van der Waals surface area contributed by atoms with Crippen LogP contribution in [0.4, 0.5) is 0 Å². The molecule has 0 atom stereocenters. The average molecular weight is 408 g/mol. The highest BCUT2D eigenvalue weighted by atomic mass is 35.5. The molecule has 9 heteroatoms. The van der Waals surface area contributed by atoms with Crippen LogP contribution in [-0.4, -0.2) is 32.0 Å². The van der Waals surface area contributed by atoms with Gasteiger partial charge in [0.25, 0.3) is 5.91 Å². The van der Waals surface area contributed by atoms with Gasteiger partial charge in [0.05, 0.1) is 15.7 Å². The van der Waals surface area contributed by atoms with Gasteiger partial charge in [-0.05, 0) is 31.5 Å². The molecule has 0 radical (unpaired) electrons. The van der Waals surface area contributed by atoms with E-state index in [9.17, 15) is 4.79 Å². The molecule has 3 aromatic rings. The lowest BCUT2D eigenvalue weighted by Gasteiger charge is -2.11. The number of hydrogen-bond donors (Lipinski definition) is 1. The number of benzene rings is 1. The lowest BCUT2D eigenvalue weighted by molar-refractivity contribution is 0.0931. The molecule has 1 aromatic carbocycles. The van der Waals surface area contributed by atoms with Gasteiger partial charge in [0.2, 0.25) is 0 Å². The Morgan fingerprint density at radius 1 is 1.22 bits per heavy atom. The monoisotopic (exact) mass is 407 g/mol. The van der Waals surface area contributed by atoms with Crippen LogP contribution in [0.25, 0.3) is 0 Å². The van der Waals surface area contributed by atoms with Crippen LogP contribution in [0.3, 0.4) is 0 Å². The lowest BCUT2D eigenvalue weighted by atomic mass is 10.3. The van der Waals surface area contributed by atoms with Gasteiger partial charge in [-0.1, -0.05) is 35.3 Å². The third kappa shape index (κ3) is 5.02. The number of ether oxygens (including phenoxy) is 1. The smallest absolute Gasteiger partial charge is 0.269 e. The molecule has 0 unspecified atom stereocenters. The van der Waals surface area contributed by atoms with E-state index in [-0.39, 0.29) is 12.6 Å². The van der Waals surface area contributed by atoms with E-state index in [2.05, 4.69) is 15.5 Å². The van der Waals surface area contributed by atoms with Crippen LogP contribution >= 0.6 is 23.2 Å². The van der Waals surface area contributed by atoms with Crippen molar-refractivity contribution in [2.45, 2.75) is 26.6 Å². The molecule has 0 bridgehead atoms. The summed E-state index contributed by atoms with van der Waals surface area (Å²) in [6, 6.07) is 8.78. The van der Waals surface area contributed by atoms with Crippen LogP contribution in [-0.2, 0) is 13.3 Å². The van der Waals surface area contributed by atoms with Crippen molar-refractivity contribution in [2.24, 2.45) is 0 Å². The fourth-order valence-corrected chi connectivity index (χ4v) is 2.80. The van der Waals surface area contributed by atoms with E-state index < -0.39 is 0 Å². The quantitative estimate of drug-likeness (QED) is 0.579. The summed E-state index contributed by atoms with van der Waals surface area (Å²) in [5.74, 6) is 0.319. The summed E-state index contributed by atoms with van der Waals surface area (Å²) in [6.07, 6.45) is 4.06. The minimum absolute atomic E-state index is 0.0878. The highest BCUT2D eigenvalue weighted by molar-refractivity contribution is 6.32. The SMILES string of the molecule is Cc1nn(CCCNC(=O)c2ccnn2COc2ccccc2Cl)cc1Cl. The first-order valence-corrected chi connectivity index (χ1v) is 9.17. The van der Waals surface area contributed by atoms with Gasteiger partial charge in [-0.25, -0.2) is 4.68 Å². The standard InChI is InChI=1S/C18H19Cl2N5O2/c1-13-15(20)11-24(23-13)10-4-8-21-18(26)16-7-9-22-25(16)12-27-17-6-3-2-5-14(17)19/h2-3,5-7,9,11H,4,8,10,12H2,1H3,(H,21,26). The van der Waals surface area contributed by atoms with Gasteiger partial charge in [-0.3, -0.25) is 9.48 Å². The molecule has 0 aliphatic carbocycles. The number of nitrogens with one attached hydrogen (secondary N) is 1. The maximum absolute atomic E-state index is 12.4. The Bertz CT molecular complexity index is 903. The predicted molar refractivity (Wildman–Crippen MR) is 103 cm³/mol. The number of amides is 1. The van der Waals surface area contributed by atoms with E-state index >= 15 is 0 Å². The molecule has 0 aliphatic rings. The van der Waals surface area contributed by atoms with Crippen molar-refractivity contribution < 1.29 is 9.53 Å². The molecule has 0 saturated heterocycles. The van der Waals surface area contributed by atoms with E-state index in [4.69, 9.17) is 27.9 Å². The minimum Gasteiger partial charge on any atom is -0.470 e. The third-order valence-corrected chi connectivity index (χ3v) is 4.55. The first-order chi connectivity index (χ1) is 13.0. The van der Waals surface area contributed by atoms with E-state index in [1.165, 1.54) is 4.68 Å². The molecule has 0 fully saturated rings. The summed E-state index contributed by atoms with van der Waals surface area (Å²) in [4.78, 5) is 12.4. The molecule has 0 saturated carbocycles. The van der Waals surface area contributed by atoms with E-state index in [0.717, 1.165) is 12.1 Å². The number of rotatable bonds is 8. The molecular weight excluding hydrogens is 389 g/mol. The van der Waals surface area contributed by atoms with Crippen LogP contribution < -0.4 is 10.1 Å². The molecule has 27 heavy (non-hydrogen) atoms. The first-order valence-electron chi connectivity index (χ1n) is 8.41. The fraction of sp³-hybridized carbons (Fsp3) is 0.278. The van der Waals surface area contributed by atoms with Crippen LogP contribution in [0.2, 0.25) is 10.0 Å². The zero-order valence-electron chi connectivity index (χ0n) is 14.7. The summed E-state index contributed by atoms with van der Waals surface area (Å²) in [5, 5.41) is 12.4. The predicted octanol–water partition coefficient (Wildman–Crippen LogP) is 3.55. The Morgan fingerprint density at radius 2 is 2.04 bits per heavy atom. The maximum Gasteiger partial charge on any atom is 0.269 e. The molecule has 2 aromatic heterocycles. The fourth-order valence-electron chi connectivity index (χ4n) is 2.46. The number of hydrogen-bond acceptors (Lipinski definition) is 4. The number of nitrogens with zero attached hydrogens (tertiary/aromatic N) is 4. The largest absolute Gasteiger partial charge is 0.470 e. The third-order valence-electron chi connectivity index (χ3n) is 3.86. The minimum atomic E-state index is -0.218. The molecule has 1 amide bonds. The van der Waals surface area contributed by atoms with Gasteiger partial charge in [0, 0.05) is 25.5 Å². The second-order valence-electron chi connectivity index (χ2n) is 5.85. The van der Waals surface area contributed by atoms with Gasteiger partial charge >= 0.3 is 0 Å². The van der Waals surface area contributed by atoms with Crippen LogP contribution in [0.5, 0.6) is 5.75 Å². The average Bonchev–Trinajstić information content (AvgIpc) is 3.24. The summed E-state index contributed by atoms with van der Waals surface area (Å²) < 4.78 is 8.88. The Labute approximate surface area is 166 Å². The van der Waals surface area contributed by atoms with Crippen molar-refractivity contribution in [1.82, 2.24) is 24.9 Å². The van der Waals surface area contributed by atoms with E-state index in [1.807, 2.05) is 19.1 Å². The van der Waals surface area contributed by atoms with Crippen LogP contribution in [0, 0.1) is 6.92 Å². The first kappa shape index (κ1) is 19.3. The number of carbonyl (C=O) groups excluding carboxylic acids is 1. The van der Waals surface area contributed by atoms with Crippen molar-refractivity contribution in [1.29, 1.82) is 0 Å².